The van der Waals surface area contributed by atoms with E-state index in [1.165, 1.54) is 24.4 Å². The average Bonchev–Trinajstić information content (AvgIpc) is 2.27. The van der Waals surface area contributed by atoms with Gasteiger partial charge in [-0.3, -0.25) is 0 Å². The third-order valence-electron chi connectivity index (χ3n) is 2.04. The number of carbonyl (C=O) groups is 1. The van der Waals surface area contributed by atoms with Crippen LogP contribution in [0.1, 0.15) is 10.5 Å². The molecule has 0 fully saturated rings. The first-order chi connectivity index (χ1) is 8.56. The van der Waals surface area contributed by atoms with E-state index in [1.807, 2.05) is 0 Å². The highest BCUT2D eigenvalue weighted by Gasteiger charge is 2.13. The maximum Gasteiger partial charge on any atom is 0.358 e. The van der Waals surface area contributed by atoms with Gasteiger partial charge in [-0.15, -0.1) is 0 Å². The molecule has 0 aliphatic carbocycles. The van der Waals surface area contributed by atoms with Gasteiger partial charge in [-0.1, -0.05) is 23.2 Å². The zero-order valence-corrected chi connectivity index (χ0v) is 10.4. The Bertz CT molecular complexity index is 581. The Labute approximate surface area is 113 Å². The fourth-order valence-electron chi connectivity index (χ4n) is 1.35. The van der Waals surface area contributed by atoms with Gasteiger partial charge in [0.1, 0.15) is 5.75 Å². The maximum atomic E-state index is 11.0. The van der Waals surface area contributed by atoms with Crippen LogP contribution < -0.4 is 4.74 Å². The number of benzene rings is 1. The van der Waals surface area contributed by atoms with Crippen LogP contribution in [0.15, 0.2) is 36.5 Å². The fraction of sp³-hybridized carbons (Fsp3) is 0. The van der Waals surface area contributed by atoms with E-state index in [-0.39, 0.29) is 11.4 Å². The number of pyridine rings is 1. The van der Waals surface area contributed by atoms with Crippen LogP contribution in [0.25, 0.3) is 0 Å². The minimum Gasteiger partial charge on any atom is -0.476 e. The summed E-state index contributed by atoms with van der Waals surface area (Å²) < 4.78 is 5.42. The lowest BCUT2D eigenvalue weighted by Crippen LogP contribution is -2.02. The van der Waals surface area contributed by atoms with E-state index in [2.05, 4.69) is 4.98 Å². The molecule has 0 unspecified atom stereocenters. The van der Waals surface area contributed by atoms with Crippen molar-refractivity contribution in [2.75, 3.05) is 0 Å². The summed E-state index contributed by atoms with van der Waals surface area (Å²) in [5.41, 5.74) is -0.173. The van der Waals surface area contributed by atoms with E-state index in [4.69, 9.17) is 33.0 Å². The minimum absolute atomic E-state index is 0.128. The summed E-state index contributed by atoms with van der Waals surface area (Å²) in [4.78, 5) is 14.7. The summed E-state index contributed by atoms with van der Waals surface area (Å²) in [5, 5.41) is 9.76. The van der Waals surface area contributed by atoms with Crippen molar-refractivity contribution in [1.29, 1.82) is 0 Å². The number of nitrogens with zero attached hydrogens (tertiary/aromatic N) is 1. The molecular weight excluding hydrogens is 277 g/mol. The highest BCUT2D eigenvalue weighted by molar-refractivity contribution is 6.34. The predicted octanol–water partition coefficient (Wildman–Crippen LogP) is 3.88. The van der Waals surface area contributed by atoms with Crippen molar-refractivity contribution >= 4 is 29.2 Å². The number of halogens is 2. The molecular formula is C12H7Cl2NO3. The number of carboxylic acids is 1. The zero-order chi connectivity index (χ0) is 13.1. The van der Waals surface area contributed by atoms with Crippen LogP contribution in [0.4, 0.5) is 0 Å². The number of carboxylic acid groups (broad SMARTS) is 1. The predicted molar refractivity (Wildman–Crippen MR) is 67.7 cm³/mol. The Hall–Kier alpha value is -1.78. The molecule has 4 nitrogen and oxygen atoms in total. The summed E-state index contributed by atoms with van der Waals surface area (Å²) in [7, 11) is 0. The van der Waals surface area contributed by atoms with Crippen LogP contribution in [0, 0.1) is 0 Å². The van der Waals surface area contributed by atoms with Gasteiger partial charge in [0.05, 0.1) is 0 Å². The Morgan fingerprint density at radius 1 is 1.22 bits per heavy atom. The van der Waals surface area contributed by atoms with E-state index in [0.29, 0.717) is 15.8 Å². The number of aromatic nitrogens is 1. The number of rotatable bonds is 3. The van der Waals surface area contributed by atoms with Crippen LogP contribution in [0.5, 0.6) is 11.5 Å². The molecule has 0 aliphatic rings. The number of aromatic carboxylic acids is 1. The fourth-order valence-corrected chi connectivity index (χ4v) is 1.85. The lowest BCUT2D eigenvalue weighted by molar-refractivity contribution is 0.0687. The van der Waals surface area contributed by atoms with Gasteiger partial charge in [-0.2, -0.15) is 0 Å². The molecule has 0 spiro atoms. The van der Waals surface area contributed by atoms with Crippen molar-refractivity contribution < 1.29 is 14.6 Å². The van der Waals surface area contributed by atoms with Gasteiger partial charge in [0, 0.05) is 16.2 Å². The first kappa shape index (κ1) is 12.7. The van der Waals surface area contributed by atoms with Gasteiger partial charge in [-0.05, 0) is 30.3 Å². The molecule has 1 aromatic carbocycles. The van der Waals surface area contributed by atoms with Crippen LogP contribution >= 0.6 is 23.2 Å². The quantitative estimate of drug-likeness (QED) is 0.929. The SMILES string of the molecule is O=C(O)c1ncccc1Oc1cc(Cl)cc(Cl)c1. The van der Waals surface area contributed by atoms with E-state index >= 15 is 0 Å². The standard InChI is InChI=1S/C12H7Cl2NO3/c13-7-4-8(14)6-9(5-7)18-10-2-1-3-15-11(10)12(16)17/h1-6H,(H,16,17). The van der Waals surface area contributed by atoms with Gasteiger partial charge in [0.2, 0.25) is 0 Å². The molecule has 2 rings (SSSR count). The molecule has 0 saturated heterocycles. The minimum atomic E-state index is -1.17. The molecule has 6 heteroatoms. The molecule has 1 aromatic heterocycles. The smallest absolute Gasteiger partial charge is 0.358 e. The van der Waals surface area contributed by atoms with Gasteiger partial charge in [-0.25, -0.2) is 9.78 Å². The van der Waals surface area contributed by atoms with Crippen molar-refractivity contribution in [3.63, 3.8) is 0 Å². The molecule has 0 aliphatic heterocycles. The molecule has 0 amide bonds. The third-order valence-corrected chi connectivity index (χ3v) is 2.47. The molecule has 1 heterocycles. The topological polar surface area (TPSA) is 59.4 Å². The summed E-state index contributed by atoms with van der Waals surface area (Å²) in [6.45, 7) is 0. The first-order valence-electron chi connectivity index (χ1n) is 4.88. The van der Waals surface area contributed by atoms with E-state index in [0.717, 1.165) is 0 Å². The zero-order valence-electron chi connectivity index (χ0n) is 8.93. The monoisotopic (exact) mass is 283 g/mol. The number of ether oxygens (including phenoxy) is 1. The molecule has 92 valence electrons. The van der Waals surface area contributed by atoms with Crippen molar-refractivity contribution in [3.05, 3.63) is 52.3 Å². The van der Waals surface area contributed by atoms with E-state index in [9.17, 15) is 4.79 Å². The Balaban J connectivity index is 2.37. The second-order valence-electron chi connectivity index (χ2n) is 3.36. The normalized spacial score (nSPS) is 10.1. The number of hydrogen-bond acceptors (Lipinski definition) is 3. The van der Waals surface area contributed by atoms with Crippen molar-refractivity contribution in [1.82, 2.24) is 4.98 Å². The molecule has 0 bridgehead atoms. The molecule has 1 N–H and O–H groups in total. The van der Waals surface area contributed by atoms with Gasteiger partial charge < -0.3 is 9.84 Å². The molecule has 0 atom stereocenters. The van der Waals surface area contributed by atoms with Gasteiger partial charge >= 0.3 is 5.97 Å². The lowest BCUT2D eigenvalue weighted by Gasteiger charge is -2.08. The lowest BCUT2D eigenvalue weighted by atomic mass is 10.3. The van der Waals surface area contributed by atoms with Crippen molar-refractivity contribution in [3.8, 4) is 11.5 Å². The first-order valence-corrected chi connectivity index (χ1v) is 5.64. The Kier molecular flexibility index (Phi) is 3.69. The van der Waals surface area contributed by atoms with Gasteiger partial charge in [0.15, 0.2) is 11.4 Å². The largest absolute Gasteiger partial charge is 0.476 e. The highest BCUT2D eigenvalue weighted by Crippen LogP contribution is 2.29. The van der Waals surface area contributed by atoms with Crippen LogP contribution in [0.2, 0.25) is 10.0 Å². The maximum absolute atomic E-state index is 11.0. The van der Waals surface area contributed by atoms with Crippen LogP contribution in [0.3, 0.4) is 0 Å². The van der Waals surface area contributed by atoms with E-state index in [1.54, 1.807) is 12.1 Å². The van der Waals surface area contributed by atoms with Crippen LogP contribution in [-0.4, -0.2) is 16.1 Å². The highest BCUT2D eigenvalue weighted by atomic mass is 35.5. The summed E-state index contributed by atoms with van der Waals surface area (Å²) in [6.07, 6.45) is 1.38. The molecule has 2 aromatic rings. The van der Waals surface area contributed by atoms with Gasteiger partial charge in [0.25, 0.3) is 0 Å². The number of hydrogen-bond donors (Lipinski definition) is 1. The summed E-state index contributed by atoms with van der Waals surface area (Å²) in [5.74, 6) is -0.690. The molecule has 0 radical (unpaired) electrons. The Morgan fingerprint density at radius 2 is 1.89 bits per heavy atom. The average molecular weight is 284 g/mol. The second-order valence-corrected chi connectivity index (χ2v) is 4.24. The van der Waals surface area contributed by atoms with Crippen molar-refractivity contribution in [2.45, 2.75) is 0 Å². The van der Waals surface area contributed by atoms with E-state index < -0.39 is 5.97 Å². The molecule has 18 heavy (non-hydrogen) atoms. The third kappa shape index (κ3) is 2.91. The summed E-state index contributed by atoms with van der Waals surface area (Å²) in [6, 6.07) is 7.70. The van der Waals surface area contributed by atoms with Crippen LogP contribution in [-0.2, 0) is 0 Å². The summed E-state index contributed by atoms with van der Waals surface area (Å²) >= 11 is 11.6. The van der Waals surface area contributed by atoms with Crippen molar-refractivity contribution in [2.24, 2.45) is 0 Å². The molecule has 0 saturated carbocycles. The Morgan fingerprint density at radius 3 is 2.50 bits per heavy atom. The second kappa shape index (κ2) is 5.25.